The second kappa shape index (κ2) is 30.4. The lowest BCUT2D eigenvalue weighted by atomic mass is 9.96. The number of aliphatic hydroxyl groups excluding tert-OH is 2. The van der Waals surface area contributed by atoms with Gasteiger partial charge in [0.1, 0.15) is 61.7 Å². The highest BCUT2D eigenvalue weighted by molar-refractivity contribution is 7.49. The van der Waals surface area contributed by atoms with Crippen molar-refractivity contribution in [2.45, 2.75) is 99.1 Å². The number of ether oxygens (including phenoxy) is 5. The van der Waals surface area contributed by atoms with E-state index in [2.05, 4.69) is 27.1 Å². The van der Waals surface area contributed by atoms with Crippen LogP contribution < -0.4 is 5.32 Å². The van der Waals surface area contributed by atoms with Gasteiger partial charge in [0.25, 0.3) is 0 Å². The number of hydrogen-bond acceptors (Lipinski definition) is 20. The zero-order valence-corrected chi connectivity index (χ0v) is 44.3. The minimum atomic E-state index is -4.69. The molecule has 2 aromatic rings. The van der Waals surface area contributed by atoms with E-state index >= 15 is 0 Å². The van der Waals surface area contributed by atoms with Crippen molar-refractivity contribution in [1.29, 1.82) is 0 Å². The molecule has 0 spiro atoms. The number of carbonyl (C=O) groups excluding carboxylic acids is 1. The van der Waals surface area contributed by atoms with Gasteiger partial charge in [0.2, 0.25) is 13.1 Å². The van der Waals surface area contributed by atoms with E-state index in [0.717, 1.165) is 22.3 Å². The Morgan fingerprint density at radius 1 is 0.680 bits per heavy atom. The Hall–Kier alpha value is -3.03. The SMILES string of the molecule is [B][C@H]1C[C@@H](OP(=O)(OCC[N+]#[C-])OC[C@H]2O[C@@H]([B])C[C@H]2OP(=O)(OCC[N+]#[C-])OC[C@H]2O[C@@H]([B])C[C@H]2OP(=O)(OCCO)OCC(CCCCNC(=O)OCC2c3ccccc3-c3ccccc32)COC)[C@@H](CO)O1. The molecule has 75 heavy (non-hydrogen) atoms. The maximum atomic E-state index is 14.3. The Morgan fingerprint density at radius 2 is 1.16 bits per heavy atom. The minimum absolute atomic E-state index is 0.0381. The van der Waals surface area contributed by atoms with Crippen molar-refractivity contribution in [3.8, 4) is 11.1 Å². The molecule has 3 aliphatic heterocycles. The molecule has 13 atom stereocenters. The van der Waals surface area contributed by atoms with Crippen LogP contribution in [0.3, 0.4) is 0 Å². The molecule has 6 radical (unpaired) electrons. The highest BCUT2D eigenvalue weighted by Crippen LogP contribution is 2.57. The summed E-state index contributed by atoms with van der Waals surface area (Å²) >= 11 is 0. The molecule has 0 bridgehead atoms. The number of benzene rings is 2. The van der Waals surface area contributed by atoms with E-state index in [1.54, 1.807) is 0 Å². The van der Waals surface area contributed by atoms with E-state index in [4.69, 9.17) is 101 Å². The Balaban J connectivity index is 1.01. The predicted octanol–water partition coefficient (Wildman–Crippen LogP) is 5.21. The number of phosphoric ester groups is 3. The van der Waals surface area contributed by atoms with E-state index in [1.807, 2.05) is 36.4 Å². The molecule has 29 heteroatoms. The molecule has 4 unspecified atom stereocenters. The lowest BCUT2D eigenvalue weighted by Crippen LogP contribution is -2.32. The van der Waals surface area contributed by atoms with Crippen LogP contribution in [-0.4, -0.2) is 187 Å². The molecule has 3 saturated heterocycles. The summed E-state index contributed by atoms with van der Waals surface area (Å²) in [5.41, 5.74) is 4.49. The topological polar surface area (TPSA) is 259 Å². The van der Waals surface area contributed by atoms with Crippen molar-refractivity contribution in [3.05, 3.63) is 82.5 Å². The lowest BCUT2D eigenvalue weighted by molar-refractivity contribution is -0.0389. The predicted molar refractivity (Wildman–Crippen MR) is 270 cm³/mol. The fourth-order valence-electron chi connectivity index (χ4n) is 8.75. The average molecular weight is 1100 g/mol. The highest BCUT2D eigenvalue weighted by atomic mass is 31.2. The molecule has 0 saturated carbocycles. The number of methoxy groups -OCH3 is 1. The standard InChI is InChI=1S/C46H63B3N3O20P3/c1-50-16-19-61-73(56,70-37-22-43(47)67-40(37)25-54)65-29-41-38(23-44(48)68-41)71-74(57,62-20-17-51-2)66-30-42-39(24-45(49)69-42)72-75(58,63-21-18-53)64-27-31(26-59-3)10-8-9-15-52-46(55)60-28-36-34-13-6-4-11-32(34)33-12-5-7-14-35(33)36/h4-7,11-14,31,36-45,53-54H,8-10,15-30H2,3H3,(H,52,55)/t31?,37-,38-,39-,40-,41-,42-,43-,44-,45-,73?,74?,75?/m1/s1. The zero-order valence-electron chi connectivity index (χ0n) is 41.6. The van der Waals surface area contributed by atoms with Crippen molar-refractivity contribution in [3.63, 3.8) is 0 Å². The molecule has 3 fully saturated rings. The molecular formula is C46H63B3N3O20P3. The smallest absolute Gasteiger partial charge is 0.449 e. The molecule has 406 valence electrons. The first-order valence-electron chi connectivity index (χ1n) is 24.5. The summed E-state index contributed by atoms with van der Waals surface area (Å²) in [6, 6.07) is 13.3. The quantitative estimate of drug-likeness (QED) is 0.0352. The molecule has 4 aliphatic rings. The lowest BCUT2D eigenvalue weighted by Gasteiger charge is -2.28. The second-order valence-electron chi connectivity index (χ2n) is 17.7. The normalized spacial score (nSPS) is 27.0. The summed E-state index contributed by atoms with van der Waals surface area (Å²) in [5, 5.41) is 22.2. The number of carbonyl (C=O) groups is 1. The molecule has 1 aliphatic carbocycles. The van der Waals surface area contributed by atoms with E-state index in [-0.39, 0.29) is 70.6 Å². The number of nitrogens with zero attached hydrogens (tertiary/aromatic N) is 2. The van der Waals surface area contributed by atoms with Gasteiger partial charge in [0.05, 0.1) is 64.6 Å². The number of aliphatic hydroxyl groups is 2. The number of fused-ring (bicyclic) bond motifs is 3. The fourth-order valence-corrected chi connectivity index (χ4v) is 13.0. The van der Waals surface area contributed by atoms with Gasteiger partial charge in [-0.25, -0.2) is 31.6 Å². The van der Waals surface area contributed by atoms with Crippen molar-refractivity contribution in [2.24, 2.45) is 5.92 Å². The van der Waals surface area contributed by atoms with Crippen molar-refractivity contribution in [1.82, 2.24) is 5.32 Å². The van der Waals surface area contributed by atoms with Gasteiger partial charge in [0.15, 0.2) is 0 Å². The molecule has 0 aromatic heterocycles. The zero-order chi connectivity index (χ0) is 53.9. The van der Waals surface area contributed by atoms with Gasteiger partial charge in [-0.2, -0.15) is 0 Å². The third kappa shape index (κ3) is 18.5. The number of nitrogens with one attached hydrogen (secondary N) is 1. The van der Waals surface area contributed by atoms with Gasteiger partial charge in [-0.1, -0.05) is 55.0 Å². The van der Waals surface area contributed by atoms with Gasteiger partial charge in [0, 0.05) is 43.5 Å². The first-order chi connectivity index (χ1) is 36.1. The largest absolute Gasteiger partial charge is 0.475 e. The van der Waals surface area contributed by atoms with Crippen LogP contribution in [0.5, 0.6) is 0 Å². The molecular weight excluding hydrogens is 1040 g/mol. The Labute approximate surface area is 441 Å². The van der Waals surface area contributed by atoms with Crippen LogP contribution in [0.25, 0.3) is 20.8 Å². The number of hydrogen-bond donors (Lipinski definition) is 3. The summed E-state index contributed by atoms with van der Waals surface area (Å²) in [5.74, 6) is -0.380. The Kier molecular flexibility index (Phi) is 24.8. The van der Waals surface area contributed by atoms with Crippen LogP contribution >= 0.6 is 23.5 Å². The summed E-state index contributed by atoms with van der Waals surface area (Å²) in [4.78, 5) is 19.1. The number of phosphoric acid groups is 3. The van der Waals surface area contributed by atoms with E-state index in [1.165, 1.54) is 7.11 Å². The van der Waals surface area contributed by atoms with Crippen molar-refractivity contribution in [2.75, 3.05) is 92.8 Å². The van der Waals surface area contributed by atoms with E-state index in [0.29, 0.717) is 25.8 Å². The highest BCUT2D eigenvalue weighted by Gasteiger charge is 2.47. The third-order valence-corrected chi connectivity index (χ3v) is 16.7. The first kappa shape index (κ1) is 61.2. The van der Waals surface area contributed by atoms with Gasteiger partial charge >= 0.3 is 29.6 Å². The monoisotopic (exact) mass is 1100 g/mol. The Bertz CT molecular complexity index is 2310. The maximum absolute atomic E-state index is 14.3. The van der Waals surface area contributed by atoms with Crippen LogP contribution in [0.1, 0.15) is 55.6 Å². The molecule has 3 heterocycles. The van der Waals surface area contributed by atoms with Gasteiger partial charge in [-0.05, 0) is 54.4 Å². The third-order valence-electron chi connectivity index (χ3n) is 12.2. The minimum Gasteiger partial charge on any atom is -0.449 e. The molecule has 23 nitrogen and oxygen atoms in total. The van der Waals surface area contributed by atoms with Crippen LogP contribution in [0.4, 0.5) is 4.79 Å². The second-order valence-corrected chi connectivity index (χ2v) is 22.6. The fraction of sp³-hybridized carbons (Fsp3) is 0.674. The summed E-state index contributed by atoms with van der Waals surface area (Å²) in [6.45, 7) is 11.0. The van der Waals surface area contributed by atoms with Crippen LogP contribution in [0.15, 0.2) is 48.5 Å². The maximum Gasteiger partial charge on any atom is 0.475 e. The van der Waals surface area contributed by atoms with Gasteiger partial charge in [-0.3, -0.25) is 40.7 Å². The average Bonchev–Trinajstić information content (AvgIpc) is 4.13. The molecule has 1 amide bonds. The molecule has 3 N–H and O–H groups in total. The number of amides is 1. The van der Waals surface area contributed by atoms with Crippen molar-refractivity contribution >= 4 is 53.1 Å². The summed E-state index contributed by atoms with van der Waals surface area (Å²) in [6.07, 6.45) is -5.61. The first-order valence-corrected chi connectivity index (χ1v) is 28.9. The van der Waals surface area contributed by atoms with Crippen LogP contribution in [0.2, 0.25) is 0 Å². The molecule has 2 aromatic carbocycles. The number of alkyl carbamates (subject to hydrolysis) is 1. The Morgan fingerprint density at radius 3 is 1.65 bits per heavy atom. The number of rotatable bonds is 34. The van der Waals surface area contributed by atoms with Gasteiger partial charge < -0.3 is 48.9 Å². The van der Waals surface area contributed by atoms with Crippen LogP contribution in [0, 0.1) is 19.1 Å². The number of unbranched alkanes of at least 4 members (excludes halogenated alkanes) is 1. The summed E-state index contributed by atoms with van der Waals surface area (Å²) < 4.78 is 121. The van der Waals surface area contributed by atoms with Gasteiger partial charge in [-0.15, -0.1) is 0 Å². The van der Waals surface area contributed by atoms with Crippen LogP contribution in [-0.2, 0) is 78.1 Å². The van der Waals surface area contributed by atoms with E-state index < -0.39 is 124 Å². The van der Waals surface area contributed by atoms with E-state index in [9.17, 15) is 28.7 Å². The molecule has 6 rings (SSSR count). The summed E-state index contributed by atoms with van der Waals surface area (Å²) in [7, 11) is 5.91. The van der Waals surface area contributed by atoms with Crippen molar-refractivity contribution < 1.29 is 93.1 Å².